The minimum atomic E-state index is -1.07. The maximum Gasteiger partial charge on any atom is 0.326 e. The Labute approximate surface area is 104 Å². The van der Waals surface area contributed by atoms with Crippen LogP contribution in [-0.4, -0.2) is 51.5 Å². The van der Waals surface area contributed by atoms with Crippen LogP contribution in [0, 0.1) is 6.92 Å². The van der Waals surface area contributed by atoms with Crippen LogP contribution in [0.5, 0.6) is 5.88 Å². The first-order valence-corrected chi connectivity index (χ1v) is 5.31. The maximum atomic E-state index is 11.6. The molecule has 0 aromatic carbocycles. The Morgan fingerprint density at radius 2 is 2.17 bits per heavy atom. The van der Waals surface area contributed by atoms with Gasteiger partial charge in [0.2, 0.25) is 5.88 Å². The SMILES string of the molecule is Cc1cc(OCC(=O)N(C)C(C)C(=O)O)ncn1. The van der Waals surface area contributed by atoms with Crippen LogP contribution in [0.4, 0.5) is 0 Å². The van der Waals surface area contributed by atoms with Gasteiger partial charge in [0.1, 0.15) is 12.4 Å². The quantitative estimate of drug-likeness (QED) is 0.799. The molecule has 0 saturated heterocycles. The zero-order valence-corrected chi connectivity index (χ0v) is 10.5. The molecule has 1 rings (SSSR count). The van der Waals surface area contributed by atoms with Crippen LogP contribution in [-0.2, 0) is 9.59 Å². The number of aliphatic carboxylic acids is 1. The highest BCUT2D eigenvalue weighted by Gasteiger charge is 2.21. The fourth-order valence-corrected chi connectivity index (χ4v) is 1.13. The highest BCUT2D eigenvalue weighted by molar-refractivity contribution is 5.83. The second-order valence-electron chi connectivity index (χ2n) is 3.81. The van der Waals surface area contributed by atoms with Crippen LogP contribution in [0.1, 0.15) is 12.6 Å². The van der Waals surface area contributed by atoms with Crippen molar-refractivity contribution in [2.75, 3.05) is 13.7 Å². The lowest BCUT2D eigenvalue weighted by Crippen LogP contribution is -2.42. The smallest absolute Gasteiger partial charge is 0.326 e. The third-order valence-corrected chi connectivity index (χ3v) is 2.45. The number of carbonyl (C=O) groups excluding carboxylic acids is 1. The summed E-state index contributed by atoms with van der Waals surface area (Å²) in [5, 5.41) is 8.77. The van der Waals surface area contributed by atoms with Crippen molar-refractivity contribution in [1.82, 2.24) is 14.9 Å². The van der Waals surface area contributed by atoms with Crippen molar-refractivity contribution in [3.8, 4) is 5.88 Å². The van der Waals surface area contributed by atoms with E-state index in [9.17, 15) is 9.59 Å². The molecule has 1 aromatic rings. The standard InChI is InChI=1S/C11H15N3O4/c1-7-4-9(13-6-12-7)18-5-10(15)14(3)8(2)11(16)17/h4,6,8H,5H2,1-3H3,(H,16,17). The van der Waals surface area contributed by atoms with Gasteiger partial charge in [0.05, 0.1) is 0 Å². The van der Waals surface area contributed by atoms with E-state index in [-0.39, 0.29) is 12.5 Å². The summed E-state index contributed by atoms with van der Waals surface area (Å²) in [6.45, 7) is 2.94. The largest absolute Gasteiger partial charge is 0.480 e. The van der Waals surface area contributed by atoms with Gasteiger partial charge in [0, 0.05) is 18.8 Å². The molecule has 0 saturated carbocycles. The molecule has 1 unspecified atom stereocenters. The first kappa shape index (κ1) is 13.9. The average Bonchev–Trinajstić information content (AvgIpc) is 2.34. The van der Waals surface area contributed by atoms with Gasteiger partial charge in [0.15, 0.2) is 6.61 Å². The summed E-state index contributed by atoms with van der Waals surface area (Å²) in [7, 11) is 1.41. The number of likely N-dealkylation sites (N-methyl/N-ethyl adjacent to an activating group) is 1. The molecule has 0 bridgehead atoms. The number of hydrogen-bond acceptors (Lipinski definition) is 5. The van der Waals surface area contributed by atoms with Crippen molar-refractivity contribution in [3.05, 3.63) is 18.1 Å². The number of ether oxygens (including phenoxy) is 1. The van der Waals surface area contributed by atoms with Crippen molar-refractivity contribution in [1.29, 1.82) is 0 Å². The molecule has 7 nitrogen and oxygen atoms in total. The van der Waals surface area contributed by atoms with E-state index in [0.29, 0.717) is 0 Å². The number of rotatable bonds is 5. The van der Waals surface area contributed by atoms with Gasteiger partial charge in [-0.3, -0.25) is 4.79 Å². The van der Waals surface area contributed by atoms with Crippen LogP contribution in [0.2, 0.25) is 0 Å². The predicted octanol–water partition coefficient (Wildman–Crippen LogP) is 0.0953. The van der Waals surface area contributed by atoms with Gasteiger partial charge in [-0.25, -0.2) is 14.8 Å². The Bertz CT molecular complexity index is 450. The lowest BCUT2D eigenvalue weighted by atomic mass is 10.3. The van der Waals surface area contributed by atoms with Crippen LogP contribution in [0.25, 0.3) is 0 Å². The Kier molecular flexibility index (Phi) is 4.59. The average molecular weight is 253 g/mol. The van der Waals surface area contributed by atoms with Crippen molar-refractivity contribution in [2.45, 2.75) is 19.9 Å². The summed E-state index contributed by atoms with van der Waals surface area (Å²) in [4.78, 5) is 31.2. The van der Waals surface area contributed by atoms with Gasteiger partial charge in [0.25, 0.3) is 5.91 Å². The zero-order valence-electron chi connectivity index (χ0n) is 10.5. The van der Waals surface area contributed by atoms with Crippen LogP contribution >= 0.6 is 0 Å². The van der Waals surface area contributed by atoms with Gasteiger partial charge in [-0.2, -0.15) is 0 Å². The van der Waals surface area contributed by atoms with E-state index in [4.69, 9.17) is 9.84 Å². The first-order chi connectivity index (χ1) is 8.41. The molecule has 18 heavy (non-hydrogen) atoms. The summed E-state index contributed by atoms with van der Waals surface area (Å²) < 4.78 is 5.16. The predicted molar refractivity (Wildman–Crippen MR) is 62.1 cm³/mol. The summed E-state index contributed by atoms with van der Waals surface area (Å²) in [6, 6.07) is 0.696. The van der Waals surface area contributed by atoms with E-state index >= 15 is 0 Å². The Morgan fingerprint density at radius 1 is 1.50 bits per heavy atom. The van der Waals surface area contributed by atoms with E-state index in [1.54, 1.807) is 13.0 Å². The number of carboxylic acids is 1. The van der Waals surface area contributed by atoms with Crippen LogP contribution in [0.15, 0.2) is 12.4 Å². The second-order valence-corrected chi connectivity index (χ2v) is 3.81. The lowest BCUT2D eigenvalue weighted by Gasteiger charge is -2.21. The Hall–Kier alpha value is -2.18. The number of aromatic nitrogens is 2. The summed E-state index contributed by atoms with van der Waals surface area (Å²) in [6.07, 6.45) is 1.33. The van der Waals surface area contributed by atoms with Gasteiger partial charge in [-0.05, 0) is 13.8 Å². The number of aryl methyl sites for hydroxylation is 1. The lowest BCUT2D eigenvalue weighted by molar-refractivity contribution is -0.149. The fourth-order valence-electron chi connectivity index (χ4n) is 1.13. The van der Waals surface area contributed by atoms with Gasteiger partial charge >= 0.3 is 5.97 Å². The van der Waals surface area contributed by atoms with Gasteiger partial charge < -0.3 is 14.7 Å². The summed E-state index contributed by atoms with van der Waals surface area (Å²) in [5.74, 6) is -1.21. The number of amides is 1. The van der Waals surface area contributed by atoms with Crippen LogP contribution < -0.4 is 4.74 Å². The molecule has 1 amide bonds. The maximum absolute atomic E-state index is 11.6. The minimum absolute atomic E-state index is 0.259. The minimum Gasteiger partial charge on any atom is -0.480 e. The van der Waals surface area contributed by atoms with Crippen molar-refractivity contribution < 1.29 is 19.4 Å². The molecule has 1 heterocycles. The van der Waals surface area contributed by atoms with E-state index in [2.05, 4.69) is 9.97 Å². The fraction of sp³-hybridized carbons (Fsp3) is 0.455. The van der Waals surface area contributed by atoms with E-state index in [0.717, 1.165) is 10.6 Å². The molecule has 1 atom stereocenters. The van der Waals surface area contributed by atoms with E-state index in [1.165, 1.54) is 20.3 Å². The molecule has 0 spiro atoms. The van der Waals surface area contributed by atoms with E-state index in [1.807, 2.05) is 0 Å². The summed E-state index contributed by atoms with van der Waals surface area (Å²) >= 11 is 0. The third-order valence-electron chi connectivity index (χ3n) is 2.45. The number of carboxylic acid groups (broad SMARTS) is 1. The third kappa shape index (κ3) is 3.69. The molecule has 0 aliphatic rings. The molecular formula is C11H15N3O4. The highest BCUT2D eigenvalue weighted by atomic mass is 16.5. The molecule has 98 valence electrons. The monoisotopic (exact) mass is 253 g/mol. The molecule has 7 heteroatoms. The summed E-state index contributed by atoms with van der Waals surface area (Å²) in [5.41, 5.74) is 0.722. The molecular weight excluding hydrogens is 238 g/mol. The molecule has 0 fully saturated rings. The first-order valence-electron chi connectivity index (χ1n) is 5.31. The molecule has 1 aromatic heterocycles. The molecule has 0 radical (unpaired) electrons. The van der Waals surface area contributed by atoms with E-state index < -0.39 is 17.9 Å². The van der Waals surface area contributed by atoms with Gasteiger partial charge in [-0.15, -0.1) is 0 Å². The number of carbonyl (C=O) groups is 2. The highest BCUT2D eigenvalue weighted by Crippen LogP contribution is 2.06. The topological polar surface area (TPSA) is 92.6 Å². The number of nitrogens with zero attached hydrogens (tertiary/aromatic N) is 3. The Morgan fingerprint density at radius 3 is 2.72 bits per heavy atom. The van der Waals surface area contributed by atoms with Crippen molar-refractivity contribution in [2.24, 2.45) is 0 Å². The zero-order chi connectivity index (χ0) is 13.7. The van der Waals surface area contributed by atoms with Gasteiger partial charge in [-0.1, -0.05) is 0 Å². The normalized spacial score (nSPS) is 11.7. The molecule has 0 aliphatic heterocycles. The Balaban J connectivity index is 2.53. The molecule has 1 N–H and O–H groups in total. The molecule has 0 aliphatic carbocycles. The van der Waals surface area contributed by atoms with Crippen LogP contribution in [0.3, 0.4) is 0 Å². The van der Waals surface area contributed by atoms with Crippen molar-refractivity contribution in [3.63, 3.8) is 0 Å². The number of hydrogen-bond donors (Lipinski definition) is 1. The second kappa shape index (κ2) is 5.95. The van der Waals surface area contributed by atoms with Crippen molar-refractivity contribution >= 4 is 11.9 Å².